The molecule has 23 heteroatoms. The number of likely N-dealkylation sites (N-methyl/N-ethyl adjacent to an activating group) is 1. The number of benzene rings is 1. The molecule has 1 aliphatic heterocycles. The number of carboxylic acids is 1. The fraction of sp³-hybridized carbons (Fsp3) is 0.754. The Balaban J connectivity index is 1.39. The van der Waals surface area contributed by atoms with Crippen LogP contribution in [0.4, 0.5) is 5.69 Å². The molecule has 1 aliphatic rings. The van der Waals surface area contributed by atoms with Crippen molar-refractivity contribution < 1.29 is 71.7 Å². The lowest BCUT2D eigenvalue weighted by atomic mass is 9.92. The van der Waals surface area contributed by atoms with Crippen molar-refractivity contribution in [2.24, 2.45) is 17.6 Å². The first-order valence-electron chi connectivity index (χ1n) is 28.9. The Kier molecular flexibility index (Phi) is 37.3. The second kappa shape index (κ2) is 42.6. The standard InChI is InChI=1S/C57H97N7O15S/c1-8-20-64(56(68)52(43(6)10-3)62-54(67)48-13-11-12-21-63(48)7)49(42(4)5)40-50(79-22-9-2)55-61-47(41-80-55)53(66)60-46(57(69)70)39-44-14-16-45(17-15-44)59-51(65)18-23-71-25-27-73-29-31-75-33-35-77-37-38-78-36-34-76-32-30-74-28-26-72-24-19-58/h14-17,41-43,46,48-50,52H,8-13,18-40,58H2,1-7H3,(H,59,65)(H,60,66)(H,62,67)(H,69,70). The lowest BCUT2D eigenvalue weighted by Gasteiger charge is -2.40. The molecule has 22 nitrogen and oxygen atoms in total. The van der Waals surface area contributed by atoms with Crippen molar-refractivity contribution in [1.29, 1.82) is 0 Å². The number of nitrogens with one attached hydrogen (secondary N) is 3. The summed E-state index contributed by atoms with van der Waals surface area (Å²) >= 11 is 1.25. The molecule has 80 heavy (non-hydrogen) atoms. The number of hydrogen-bond acceptors (Lipinski definition) is 18. The average molecular weight is 1150 g/mol. The van der Waals surface area contributed by atoms with Crippen LogP contribution in [0.1, 0.15) is 120 Å². The monoisotopic (exact) mass is 1150 g/mol. The van der Waals surface area contributed by atoms with Crippen molar-refractivity contribution in [2.75, 3.05) is 144 Å². The van der Waals surface area contributed by atoms with E-state index in [0.29, 0.717) is 154 Å². The average Bonchev–Trinajstić information content (AvgIpc) is 3.96. The van der Waals surface area contributed by atoms with Gasteiger partial charge in [0, 0.05) is 49.6 Å². The van der Waals surface area contributed by atoms with Gasteiger partial charge in [0.05, 0.1) is 118 Å². The number of aromatic nitrogens is 1. The molecule has 1 fully saturated rings. The molecule has 2 heterocycles. The normalized spacial score (nSPS) is 15.7. The van der Waals surface area contributed by atoms with E-state index in [0.717, 1.165) is 32.2 Å². The highest BCUT2D eigenvalue weighted by Gasteiger charge is 2.38. The summed E-state index contributed by atoms with van der Waals surface area (Å²) in [5.74, 6) is -2.42. The number of nitrogens with two attached hydrogens (primary N) is 1. The molecule has 1 aromatic heterocycles. The van der Waals surface area contributed by atoms with Gasteiger partial charge in [-0.05, 0) is 68.8 Å². The SMILES string of the molecule is CCCOC(CC(C(C)C)N(CCC)C(=O)C(NC(=O)C1CCCCN1C)C(C)CC)c1nc(C(=O)NC(Cc2ccc(NC(=O)CCOCCOCCOCCOCCOCCOCCOCCOCCN)cc2)C(=O)O)cs1. The molecule has 0 radical (unpaired) electrons. The predicted molar refractivity (Wildman–Crippen MR) is 306 cm³/mol. The molecule has 6 N–H and O–H groups in total. The highest BCUT2D eigenvalue weighted by Crippen LogP contribution is 2.32. The van der Waals surface area contributed by atoms with Gasteiger partial charge in [-0.1, -0.05) is 66.5 Å². The number of amides is 4. The maximum atomic E-state index is 14.7. The van der Waals surface area contributed by atoms with Gasteiger partial charge in [0.15, 0.2) is 0 Å². The van der Waals surface area contributed by atoms with E-state index >= 15 is 0 Å². The minimum Gasteiger partial charge on any atom is -0.480 e. The third-order valence-electron chi connectivity index (χ3n) is 13.4. The van der Waals surface area contributed by atoms with Gasteiger partial charge in [-0.2, -0.15) is 0 Å². The van der Waals surface area contributed by atoms with Crippen molar-refractivity contribution in [2.45, 2.75) is 130 Å². The van der Waals surface area contributed by atoms with E-state index in [1.165, 1.54) is 11.3 Å². The van der Waals surface area contributed by atoms with E-state index in [1.807, 2.05) is 39.6 Å². The molecule has 2 aromatic rings. The molecule has 6 unspecified atom stereocenters. The van der Waals surface area contributed by atoms with Gasteiger partial charge in [0.1, 0.15) is 28.9 Å². The van der Waals surface area contributed by atoms with E-state index in [-0.39, 0.29) is 66.8 Å². The summed E-state index contributed by atoms with van der Waals surface area (Å²) < 4.78 is 50.0. The number of aliphatic carboxylic acids is 1. The summed E-state index contributed by atoms with van der Waals surface area (Å²) in [6, 6.07) is 4.23. The molecule has 4 amide bonds. The van der Waals surface area contributed by atoms with Crippen molar-refractivity contribution in [3.63, 3.8) is 0 Å². The molecule has 1 aromatic carbocycles. The number of thiazole rings is 1. The van der Waals surface area contributed by atoms with Crippen LogP contribution in [0.3, 0.4) is 0 Å². The van der Waals surface area contributed by atoms with Gasteiger partial charge in [-0.3, -0.25) is 24.1 Å². The zero-order valence-electron chi connectivity index (χ0n) is 48.9. The summed E-state index contributed by atoms with van der Waals surface area (Å²) in [7, 11) is 1.96. The Morgan fingerprint density at radius 1 is 0.750 bits per heavy atom. The first-order valence-corrected chi connectivity index (χ1v) is 29.7. The number of nitrogens with zero attached hydrogens (tertiary/aromatic N) is 3. The fourth-order valence-electron chi connectivity index (χ4n) is 8.72. The van der Waals surface area contributed by atoms with Crippen molar-refractivity contribution in [3.8, 4) is 0 Å². The van der Waals surface area contributed by atoms with Gasteiger partial charge >= 0.3 is 5.97 Å². The first-order chi connectivity index (χ1) is 38.7. The van der Waals surface area contributed by atoms with E-state index in [2.05, 4.69) is 39.7 Å². The molecule has 3 rings (SSSR count). The quantitative estimate of drug-likeness (QED) is 0.0538. The van der Waals surface area contributed by atoms with Crippen LogP contribution in [-0.2, 0) is 68.2 Å². The molecular weight excluding hydrogens is 1050 g/mol. The summed E-state index contributed by atoms with van der Waals surface area (Å²) in [5, 5.41) is 20.9. The molecular formula is C57H97N7O15S. The third kappa shape index (κ3) is 28.2. The van der Waals surface area contributed by atoms with Crippen LogP contribution in [0.2, 0.25) is 0 Å². The van der Waals surface area contributed by atoms with Crippen LogP contribution in [0.5, 0.6) is 0 Å². The largest absolute Gasteiger partial charge is 0.480 e. The lowest BCUT2D eigenvalue weighted by Crippen LogP contribution is -2.58. The molecule has 0 saturated carbocycles. The van der Waals surface area contributed by atoms with Crippen molar-refractivity contribution in [3.05, 3.63) is 45.9 Å². The summed E-state index contributed by atoms with van der Waals surface area (Å²) in [6.07, 6.45) is 4.88. The van der Waals surface area contributed by atoms with E-state index in [4.69, 9.17) is 48.4 Å². The molecule has 456 valence electrons. The smallest absolute Gasteiger partial charge is 0.326 e. The molecule has 1 saturated heterocycles. The first kappa shape index (κ1) is 70.0. The predicted octanol–water partition coefficient (Wildman–Crippen LogP) is 5.13. The number of rotatable bonds is 47. The van der Waals surface area contributed by atoms with Gasteiger partial charge in [0.2, 0.25) is 17.7 Å². The molecule has 0 bridgehead atoms. The third-order valence-corrected chi connectivity index (χ3v) is 14.3. The highest BCUT2D eigenvalue weighted by atomic mass is 32.1. The number of likely N-dealkylation sites (tertiary alicyclic amines) is 1. The number of carboxylic acid groups (broad SMARTS) is 1. The Hall–Kier alpha value is -4.24. The Labute approximate surface area is 479 Å². The number of ether oxygens (including phenoxy) is 9. The molecule has 0 spiro atoms. The summed E-state index contributed by atoms with van der Waals surface area (Å²) in [6.45, 7) is 21.4. The number of carbonyl (C=O) groups is 5. The number of hydrogen-bond donors (Lipinski definition) is 5. The maximum absolute atomic E-state index is 14.7. The van der Waals surface area contributed by atoms with E-state index in [9.17, 15) is 29.1 Å². The Morgan fingerprint density at radius 3 is 1.79 bits per heavy atom. The van der Waals surface area contributed by atoms with Crippen LogP contribution in [0.25, 0.3) is 0 Å². The summed E-state index contributed by atoms with van der Waals surface area (Å²) in [5.41, 5.74) is 6.57. The van der Waals surface area contributed by atoms with Crippen LogP contribution in [-0.4, -0.2) is 213 Å². The second-order valence-electron chi connectivity index (χ2n) is 20.1. The van der Waals surface area contributed by atoms with Gasteiger partial charge in [-0.25, -0.2) is 9.78 Å². The van der Waals surface area contributed by atoms with Crippen LogP contribution in [0.15, 0.2) is 29.6 Å². The minimum absolute atomic E-state index is 0.0139. The molecule has 0 aliphatic carbocycles. The lowest BCUT2D eigenvalue weighted by molar-refractivity contribution is -0.143. The van der Waals surface area contributed by atoms with E-state index < -0.39 is 30.1 Å². The Bertz CT molecular complexity index is 2000. The second-order valence-corrected chi connectivity index (χ2v) is 21.0. The fourth-order valence-corrected chi connectivity index (χ4v) is 9.58. The number of anilines is 1. The zero-order valence-corrected chi connectivity index (χ0v) is 49.7. The maximum Gasteiger partial charge on any atom is 0.326 e. The van der Waals surface area contributed by atoms with Crippen LogP contribution in [0, 0.1) is 11.8 Å². The van der Waals surface area contributed by atoms with Crippen LogP contribution >= 0.6 is 11.3 Å². The van der Waals surface area contributed by atoms with Crippen molar-refractivity contribution in [1.82, 2.24) is 25.4 Å². The van der Waals surface area contributed by atoms with E-state index in [1.54, 1.807) is 29.6 Å². The topological polar surface area (TPSA) is 270 Å². The zero-order chi connectivity index (χ0) is 58.3. The van der Waals surface area contributed by atoms with Gasteiger partial charge in [0.25, 0.3) is 5.91 Å². The number of piperidine rings is 1. The van der Waals surface area contributed by atoms with Crippen LogP contribution < -0.4 is 21.7 Å². The Morgan fingerprint density at radius 2 is 1.30 bits per heavy atom. The summed E-state index contributed by atoms with van der Waals surface area (Å²) in [4.78, 5) is 75.8. The van der Waals surface area contributed by atoms with Gasteiger partial charge in [-0.15, -0.1) is 11.3 Å². The number of carbonyl (C=O) groups excluding carboxylic acids is 4. The van der Waals surface area contributed by atoms with Crippen molar-refractivity contribution >= 4 is 46.6 Å². The highest BCUT2D eigenvalue weighted by molar-refractivity contribution is 7.09. The minimum atomic E-state index is -1.27. The molecule has 6 atom stereocenters. The van der Waals surface area contributed by atoms with Gasteiger partial charge < -0.3 is 74.3 Å².